The summed E-state index contributed by atoms with van der Waals surface area (Å²) in [5, 5.41) is 5.07. The van der Waals surface area contributed by atoms with Gasteiger partial charge in [-0.15, -0.1) is 11.3 Å². The Morgan fingerprint density at radius 1 is 1.47 bits per heavy atom. The van der Waals surface area contributed by atoms with Gasteiger partial charge in [-0.25, -0.2) is 4.98 Å². The van der Waals surface area contributed by atoms with Crippen molar-refractivity contribution in [1.82, 2.24) is 19.4 Å². The molecule has 1 aliphatic rings. The van der Waals surface area contributed by atoms with Gasteiger partial charge < -0.3 is 19.5 Å². The number of carbonyl (C=O) groups is 1. The molecule has 3 aromatic heterocycles. The van der Waals surface area contributed by atoms with Crippen LogP contribution in [0.15, 0.2) is 37.2 Å². The standard InChI is InChI=1S/C22H27N5O2S/c1-6-19(28)27-12-22(5,13-27)29-20-16-7-8-26(11-14(2)3)17(16)9-18(24-20)25-21-23-10-15(4)30-21/h6-10,14H,1,11-13H2,2-5H3,(H,23,24,25). The van der Waals surface area contributed by atoms with E-state index in [9.17, 15) is 4.79 Å². The number of likely N-dealkylation sites (tertiary alicyclic amines) is 1. The molecule has 0 radical (unpaired) electrons. The second-order valence-electron chi connectivity index (χ2n) is 8.46. The van der Waals surface area contributed by atoms with Crippen LogP contribution in [0, 0.1) is 12.8 Å². The Hall–Kier alpha value is -2.87. The number of aryl methyl sites for hydroxylation is 1. The largest absolute Gasteiger partial charge is 0.467 e. The molecule has 1 N–H and O–H groups in total. The van der Waals surface area contributed by atoms with E-state index in [2.05, 4.69) is 41.5 Å². The molecular formula is C22H27N5O2S. The minimum absolute atomic E-state index is 0.0770. The van der Waals surface area contributed by atoms with E-state index in [4.69, 9.17) is 9.72 Å². The molecule has 1 aliphatic heterocycles. The summed E-state index contributed by atoms with van der Waals surface area (Å²) in [5.41, 5.74) is 0.584. The van der Waals surface area contributed by atoms with E-state index in [1.54, 1.807) is 16.2 Å². The van der Waals surface area contributed by atoms with Crippen LogP contribution in [0.5, 0.6) is 5.88 Å². The summed E-state index contributed by atoms with van der Waals surface area (Å²) in [5.74, 6) is 1.70. The van der Waals surface area contributed by atoms with E-state index in [0.29, 0.717) is 30.7 Å². The van der Waals surface area contributed by atoms with Crippen LogP contribution in [0.3, 0.4) is 0 Å². The van der Waals surface area contributed by atoms with Gasteiger partial charge in [-0.05, 0) is 31.9 Å². The Labute approximate surface area is 180 Å². The molecule has 158 valence electrons. The number of fused-ring (bicyclic) bond motifs is 1. The highest BCUT2D eigenvalue weighted by Crippen LogP contribution is 2.35. The van der Waals surface area contributed by atoms with Gasteiger partial charge in [0, 0.05) is 29.9 Å². The number of ether oxygens (including phenoxy) is 1. The van der Waals surface area contributed by atoms with Crippen LogP contribution in [0.25, 0.3) is 10.9 Å². The van der Waals surface area contributed by atoms with Gasteiger partial charge in [0.05, 0.1) is 24.0 Å². The minimum Gasteiger partial charge on any atom is -0.467 e. The first-order chi connectivity index (χ1) is 14.3. The van der Waals surface area contributed by atoms with E-state index in [-0.39, 0.29) is 5.91 Å². The molecule has 0 spiro atoms. The summed E-state index contributed by atoms with van der Waals surface area (Å²) in [7, 11) is 0. The monoisotopic (exact) mass is 425 g/mol. The van der Waals surface area contributed by atoms with E-state index in [1.807, 2.05) is 32.2 Å². The maximum Gasteiger partial charge on any atom is 0.246 e. The van der Waals surface area contributed by atoms with Gasteiger partial charge in [0.15, 0.2) is 5.13 Å². The van der Waals surface area contributed by atoms with Crippen LogP contribution in [-0.2, 0) is 11.3 Å². The van der Waals surface area contributed by atoms with Crippen LogP contribution >= 0.6 is 11.3 Å². The van der Waals surface area contributed by atoms with Gasteiger partial charge >= 0.3 is 0 Å². The number of aromatic nitrogens is 3. The Morgan fingerprint density at radius 3 is 2.87 bits per heavy atom. The van der Waals surface area contributed by atoms with Gasteiger partial charge in [-0.2, -0.15) is 4.98 Å². The van der Waals surface area contributed by atoms with Crippen molar-refractivity contribution in [2.45, 2.75) is 39.8 Å². The summed E-state index contributed by atoms with van der Waals surface area (Å²) in [6.45, 7) is 13.9. The lowest BCUT2D eigenvalue weighted by molar-refractivity contribution is -0.143. The molecule has 0 aliphatic carbocycles. The smallest absolute Gasteiger partial charge is 0.246 e. The zero-order valence-electron chi connectivity index (χ0n) is 17.8. The van der Waals surface area contributed by atoms with Crippen molar-refractivity contribution in [2.75, 3.05) is 18.4 Å². The van der Waals surface area contributed by atoms with Crippen LogP contribution in [0.4, 0.5) is 10.9 Å². The Kier molecular flexibility index (Phi) is 5.27. The fourth-order valence-corrected chi connectivity index (χ4v) is 4.39. The van der Waals surface area contributed by atoms with Gasteiger partial charge in [0.25, 0.3) is 0 Å². The van der Waals surface area contributed by atoms with Crippen molar-refractivity contribution in [3.63, 3.8) is 0 Å². The quantitative estimate of drug-likeness (QED) is 0.569. The Morgan fingerprint density at radius 2 is 2.23 bits per heavy atom. The molecule has 0 aromatic carbocycles. The average molecular weight is 426 g/mol. The van der Waals surface area contributed by atoms with Gasteiger partial charge in [-0.1, -0.05) is 20.4 Å². The minimum atomic E-state index is -0.477. The van der Waals surface area contributed by atoms with Gasteiger partial charge in [-0.3, -0.25) is 4.79 Å². The van der Waals surface area contributed by atoms with Crippen molar-refractivity contribution in [3.05, 3.63) is 42.1 Å². The number of thiazole rings is 1. The lowest BCUT2D eigenvalue weighted by Crippen LogP contribution is -2.64. The average Bonchev–Trinajstić information content (AvgIpc) is 3.25. The molecule has 1 amide bonds. The predicted molar refractivity (Wildman–Crippen MR) is 121 cm³/mol. The second-order valence-corrected chi connectivity index (χ2v) is 9.69. The number of nitrogens with zero attached hydrogens (tertiary/aromatic N) is 4. The third-order valence-corrected chi connectivity index (χ3v) is 5.86. The first-order valence-corrected chi connectivity index (χ1v) is 10.9. The molecule has 4 rings (SSSR count). The predicted octanol–water partition coefficient (Wildman–Crippen LogP) is 4.37. The zero-order valence-corrected chi connectivity index (χ0v) is 18.6. The number of hydrogen-bond donors (Lipinski definition) is 1. The molecule has 0 bridgehead atoms. The summed E-state index contributed by atoms with van der Waals surface area (Å²) in [6, 6.07) is 4.09. The highest BCUT2D eigenvalue weighted by atomic mass is 32.1. The van der Waals surface area contributed by atoms with Crippen LogP contribution in [0.1, 0.15) is 25.6 Å². The highest BCUT2D eigenvalue weighted by Gasteiger charge is 2.43. The van der Waals surface area contributed by atoms with E-state index in [1.165, 1.54) is 6.08 Å². The molecule has 3 aromatic rings. The van der Waals surface area contributed by atoms with Gasteiger partial charge in [0.2, 0.25) is 11.8 Å². The Bertz CT molecular complexity index is 1090. The van der Waals surface area contributed by atoms with Crippen LogP contribution < -0.4 is 10.1 Å². The molecule has 1 saturated heterocycles. The van der Waals surface area contributed by atoms with Crippen molar-refractivity contribution in [3.8, 4) is 5.88 Å². The topological polar surface area (TPSA) is 72.3 Å². The van der Waals surface area contributed by atoms with Crippen molar-refractivity contribution in [2.24, 2.45) is 5.92 Å². The summed E-state index contributed by atoms with van der Waals surface area (Å²) in [4.78, 5) is 23.8. The molecule has 1 fully saturated rings. The maximum atomic E-state index is 11.8. The third kappa shape index (κ3) is 4.05. The van der Waals surface area contributed by atoms with Gasteiger partial charge in [0.1, 0.15) is 11.4 Å². The second kappa shape index (κ2) is 7.75. The fourth-order valence-electron chi connectivity index (χ4n) is 3.72. The number of pyridine rings is 1. The first-order valence-electron chi connectivity index (χ1n) is 10.1. The molecule has 4 heterocycles. The molecule has 0 unspecified atom stereocenters. The summed E-state index contributed by atoms with van der Waals surface area (Å²) < 4.78 is 8.59. The third-order valence-electron chi connectivity index (χ3n) is 5.03. The summed E-state index contributed by atoms with van der Waals surface area (Å²) in [6.07, 6.45) is 5.25. The SMILES string of the molecule is C=CC(=O)N1CC(C)(Oc2nc(Nc3ncc(C)s3)cc3c2ccn3CC(C)C)C1. The van der Waals surface area contributed by atoms with Crippen molar-refractivity contribution in [1.29, 1.82) is 0 Å². The summed E-state index contributed by atoms with van der Waals surface area (Å²) >= 11 is 1.58. The molecular weight excluding hydrogens is 398 g/mol. The fraction of sp³-hybridized carbons (Fsp3) is 0.409. The molecule has 0 atom stereocenters. The number of rotatable bonds is 7. The van der Waals surface area contributed by atoms with E-state index >= 15 is 0 Å². The number of hydrogen-bond acceptors (Lipinski definition) is 6. The van der Waals surface area contributed by atoms with Crippen molar-refractivity contribution >= 4 is 39.1 Å². The normalized spacial score (nSPS) is 15.3. The molecule has 30 heavy (non-hydrogen) atoms. The number of carbonyl (C=O) groups excluding carboxylic acids is 1. The number of anilines is 2. The van der Waals surface area contributed by atoms with E-state index < -0.39 is 5.60 Å². The first kappa shape index (κ1) is 20.4. The molecule has 8 heteroatoms. The number of amides is 1. The van der Waals surface area contributed by atoms with Crippen molar-refractivity contribution < 1.29 is 9.53 Å². The lowest BCUT2D eigenvalue weighted by Gasteiger charge is -2.46. The maximum absolute atomic E-state index is 11.8. The highest BCUT2D eigenvalue weighted by molar-refractivity contribution is 7.15. The van der Waals surface area contributed by atoms with E-state index in [0.717, 1.165) is 27.5 Å². The molecule has 7 nitrogen and oxygen atoms in total. The Balaban J connectivity index is 1.67. The lowest BCUT2D eigenvalue weighted by atomic mass is 9.96. The number of nitrogens with one attached hydrogen (secondary N) is 1. The molecule has 0 saturated carbocycles. The van der Waals surface area contributed by atoms with Crippen LogP contribution in [0.2, 0.25) is 0 Å². The zero-order chi connectivity index (χ0) is 21.5. The van der Waals surface area contributed by atoms with Crippen LogP contribution in [-0.4, -0.2) is 44.0 Å².